The fourth-order valence-corrected chi connectivity index (χ4v) is 2.86. The lowest BCUT2D eigenvalue weighted by Crippen LogP contribution is -2.32. The third kappa shape index (κ3) is 3.52. The van der Waals surface area contributed by atoms with Crippen molar-refractivity contribution < 1.29 is 23.9 Å². The summed E-state index contributed by atoms with van der Waals surface area (Å²) in [5, 5.41) is 2.57. The van der Waals surface area contributed by atoms with Crippen LogP contribution in [0.2, 0.25) is 0 Å². The van der Waals surface area contributed by atoms with Crippen molar-refractivity contribution in [3.8, 4) is 0 Å². The van der Waals surface area contributed by atoms with Gasteiger partial charge in [-0.1, -0.05) is 11.6 Å². The van der Waals surface area contributed by atoms with Gasteiger partial charge in [-0.25, -0.2) is 9.69 Å². The van der Waals surface area contributed by atoms with Crippen molar-refractivity contribution in [1.82, 2.24) is 0 Å². The first-order valence-corrected chi connectivity index (χ1v) is 8.56. The molecule has 1 heterocycles. The van der Waals surface area contributed by atoms with Gasteiger partial charge in [-0.15, -0.1) is 0 Å². The topological polar surface area (TPSA) is 92.8 Å². The molecule has 7 nitrogen and oxygen atoms in total. The molecule has 2 aromatic carbocycles. The largest absolute Gasteiger partial charge is 0.465 e. The molecular weight excluding hydrogens is 384 g/mol. The Balaban J connectivity index is 1.83. The van der Waals surface area contributed by atoms with Crippen molar-refractivity contribution in [2.24, 2.45) is 0 Å². The van der Waals surface area contributed by atoms with Gasteiger partial charge in [-0.2, -0.15) is 0 Å². The second kappa shape index (κ2) is 7.66. The van der Waals surface area contributed by atoms with E-state index < -0.39 is 17.8 Å². The number of ketones is 1. The van der Waals surface area contributed by atoms with Crippen molar-refractivity contribution >= 4 is 46.5 Å². The number of Topliss-reactive ketones (excluding diaryl/α,β-unsaturated/α-hetero) is 1. The Morgan fingerprint density at radius 1 is 0.929 bits per heavy atom. The van der Waals surface area contributed by atoms with Gasteiger partial charge in [-0.3, -0.25) is 14.4 Å². The fraction of sp³-hybridized carbons (Fsp3) is 0.100. The molecule has 2 amide bonds. The average molecular weight is 399 g/mol. The maximum Gasteiger partial charge on any atom is 0.337 e. The zero-order chi connectivity index (χ0) is 20.4. The lowest BCUT2D eigenvalue weighted by Gasteiger charge is -2.15. The van der Waals surface area contributed by atoms with Gasteiger partial charge >= 0.3 is 5.97 Å². The molecule has 0 radical (unpaired) electrons. The van der Waals surface area contributed by atoms with Crippen LogP contribution in [0, 0.1) is 0 Å². The molecule has 28 heavy (non-hydrogen) atoms. The number of anilines is 2. The van der Waals surface area contributed by atoms with E-state index in [1.165, 1.54) is 38.3 Å². The van der Waals surface area contributed by atoms with E-state index in [1.54, 1.807) is 24.3 Å². The number of nitrogens with zero attached hydrogens (tertiary/aromatic N) is 1. The highest BCUT2D eigenvalue weighted by atomic mass is 35.5. The van der Waals surface area contributed by atoms with Gasteiger partial charge in [0.05, 0.1) is 18.4 Å². The Morgan fingerprint density at radius 2 is 1.50 bits per heavy atom. The average Bonchev–Trinajstić information content (AvgIpc) is 2.91. The molecule has 8 heteroatoms. The fourth-order valence-electron chi connectivity index (χ4n) is 2.64. The van der Waals surface area contributed by atoms with Gasteiger partial charge in [0.15, 0.2) is 5.78 Å². The van der Waals surface area contributed by atoms with E-state index in [4.69, 9.17) is 11.6 Å². The molecule has 2 aromatic rings. The van der Waals surface area contributed by atoms with Crippen LogP contribution < -0.4 is 10.2 Å². The summed E-state index contributed by atoms with van der Waals surface area (Å²) in [7, 11) is 1.26. The maximum absolute atomic E-state index is 12.7. The number of hydrogen-bond acceptors (Lipinski definition) is 6. The molecule has 142 valence electrons. The van der Waals surface area contributed by atoms with E-state index in [2.05, 4.69) is 10.1 Å². The van der Waals surface area contributed by atoms with Crippen molar-refractivity contribution in [1.29, 1.82) is 0 Å². The maximum atomic E-state index is 12.7. The second-order valence-corrected chi connectivity index (χ2v) is 6.31. The van der Waals surface area contributed by atoms with Gasteiger partial charge < -0.3 is 10.1 Å². The van der Waals surface area contributed by atoms with E-state index in [9.17, 15) is 19.2 Å². The summed E-state index contributed by atoms with van der Waals surface area (Å²) in [6.45, 7) is 1.45. The Labute approximate surface area is 165 Å². The first-order chi connectivity index (χ1) is 13.3. The Hall–Kier alpha value is -3.45. The Kier molecular flexibility index (Phi) is 5.28. The zero-order valence-electron chi connectivity index (χ0n) is 15.0. The molecule has 0 unspecified atom stereocenters. The number of hydrogen-bond donors (Lipinski definition) is 1. The quantitative estimate of drug-likeness (QED) is 0.472. The molecular formula is C20H15ClN2O5. The smallest absolute Gasteiger partial charge is 0.337 e. The number of imide groups is 1. The molecule has 0 aliphatic carbocycles. The Morgan fingerprint density at radius 3 is 2.04 bits per heavy atom. The van der Waals surface area contributed by atoms with Crippen LogP contribution in [-0.4, -0.2) is 30.7 Å². The van der Waals surface area contributed by atoms with Crippen LogP contribution in [0.25, 0.3) is 0 Å². The summed E-state index contributed by atoms with van der Waals surface area (Å²) in [5.41, 5.74) is 1.51. The van der Waals surface area contributed by atoms with E-state index in [0.29, 0.717) is 11.3 Å². The van der Waals surface area contributed by atoms with Gasteiger partial charge in [0.2, 0.25) is 0 Å². The first kappa shape index (κ1) is 19.3. The number of amides is 2. The van der Waals surface area contributed by atoms with E-state index in [0.717, 1.165) is 4.90 Å². The molecule has 0 spiro atoms. The molecule has 3 rings (SSSR count). The number of rotatable bonds is 5. The molecule has 1 N–H and O–H groups in total. The van der Waals surface area contributed by atoms with Crippen molar-refractivity contribution in [3.05, 3.63) is 70.4 Å². The lowest BCUT2D eigenvalue weighted by atomic mass is 10.1. The van der Waals surface area contributed by atoms with E-state index in [1.807, 2.05) is 0 Å². The third-order valence-corrected chi connectivity index (χ3v) is 4.49. The monoisotopic (exact) mass is 398 g/mol. The predicted octanol–water partition coefficient (Wildman–Crippen LogP) is 3.11. The molecule has 0 saturated carbocycles. The third-order valence-electron chi connectivity index (χ3n) is 4.13. The molecule has 1 aliphatic heterocycles. The number of nitrogens with one attached hydrogen (secondary N) is 1. The highest BCUT2D eigenvalue weighted by molar-refractivity contribution is 6.53. The van der Waals surface area contributed by atoms with Crippen molar-refractivity contribution in [3.63, 3.8) is 0 Å². The Bertz CT molecular complexity index is 1010. The van der Waals surface area contributed by atoms with Crippen LogP contribution in [0.5, 0.6) is 0 Å². The van der Waals surface area contributed by atoms with Gasteiger partial charge in [0.25, 0.3) is 11.8 Å². The summed E-state index contributed by atoms with van der Waals surface area (Å²) in [6, 6.07) is 12.2. The number of ether oxygens (including phenoxy) is 1. The van der Waals surface area contributed by atoms with Crippen LogP contribution >= 0.6 is 11.6 Å². The highest BCUT2D eigenvalue weighted by Crippen LogP contribution is 2.30. The highest BCUT2D eigenvalue weighted by Gasteiger charge is 2.39. The predicted molar refractivity (Wildman–Crippen MR) is 103 cm³/mol. The number of benzene rings is 2. The van der Waals surface area contributed by atoms with Crippen LogP contribution in [0.3, 0.4) is 0 Å². The van der Waals surface area contributed by atoms with E-state index in [-0.39, 0.29) is 27.8 Å². The molecule has 1 aliphatic rings. The number of halogens is 1. The summed E-state index contributed by atoms with van der Waals surface area (Å²) >= 11 is 6.08. The zero-order valence-corrected chi connectivity index (χ0v) is 15.7. The minimum atomic E-state index is -0.680. The number of methoxy groups -OCH3 is 1. The number of carbonyl (C=O) groups excluding carboxylic acids is 4. The lowest BCUT2D eigenvalue weighted by molar-refractivity contribution is -0.120. The van der Waals surface area contributed by atoms with E-state index >= 15 is 0 Å². The first-order valence-electron chi connectivity index (χ1n) is 8.18. The normalized spacial score (nSPS) is 13.8. The SMILES string of the molecule is COC(=O)c1ccc(N2C(=O)C(Cl)=C(Nc3ccc(C(C)=O)cc3)C2=O)cc1. The summed E-state index contributed by atoms with van der Waals surface area (Å²) < 4.78 is 4.62. The molecule has 0 aromatic heterocycles. The van der Waals surface area contributed by atoms with Crippen LogP contribution in [0.15, 0.2) is 59.3 Å². The molecule has 0 bridgehead atoms. The molecule has 0 fully saturated rings. The summed E-state index contributed by atoms with van der Waals surface area (Å²) in [4.78, 5) is 49.0. The van der Waals surface area contributed by atoms with Crippen LogP contribution in [-0.2, 0) is 14.3 Å². The van der Waals surface area contributed by atoms with Crippen LogP contribution in [0.1, 0.15) is 27.6 Å². The van der Waals surface area contributed by atoms with Gasteiger partial charge in [0.1, 0.15) is 10.7 Å². The number of carbonyl (C=O) groups is 4. The minimum absolute atomic E-state index is 0.0701. The van der Waals surface area contributed by atoms with Crippen LogP contribution in [0.4, 0.5) is 11.4 Å². The minimum Gasteiger partial charge on any atom is -0.465 e. The van der Waals surface area contributed by atoms with Crippen molar-refractivity contribution in [2.45, 2.75) is 6.92 Å². The number of esters is 1. The second-order valence-electron chi connectivity index (χ2n) is 5.93. The standard InChI is InChI=1S/C20H15ClN2O5/c1-11(24)12-3-7-14(8-4-12)22-17-16(21)18(25)23(19(17)26)15-9-5-13(6-10-15)20(27)28-2/h3-10,22H,1-2H3. The van der Waals surface area contributed by atoms with Gasteiger partial charge in [0, 0.05) is 11.3 Å². The molecule has 0 saturated heterocycles. The summed E-state index contributed by atoms with van der Waals surface area (Å²) in [5.74, 6) is -1.92. The molecule has 0 atom stereocenters. The summed E-state index contributed by atoms with van der Waals surface area (Å²) in [6.07, 6.45) is 0. The van der Waals surface area contributed by atoms with Gasteiger partial charge in [-0.05, 0) is 55.5 Å². The van der Waals surface area contributed by atoms with Crippen molar-refractivity contribution in [2.75, 3.05) is 17.3 Å².